The Morgan fingerprint density at radius 1 is 1.06 bits per heavy atom. The maximum absolute atomic E-state index is 13.1. The molecule has 1 aromatic heterocycles. The smallest absolute Gasteiger partial charge is 0.231 e. The van der Waals surface area contributed by atoms with Crippen LogP contribution in [0, 0.1) is 0 Å². The summed E-state index contributed by atoms with van der Waals surface area (Å²) in [5, 5.41) is 0. The molecule has 0 aliphatic carbocycles. The van der Waals surface area contributed by atoms with Crippen molar-refractivity contribution in [2.75, 3.05) is 28.1 Å². The van der Waals surface area contributed by atoms with Crippen molar-refractivity contribution in [2.45, 2.75) is 13.1 Å². The maximum Gasteiger partial charge on any atom is 0.231 e. The topological polar surface area (TPSA) is 79.6 Å². The summed E-state index contributed by atoms with van der Waals surface area (Å²) in [7, 11) is 4.63. The zero-order valence-corrected chi connectivity index (χ0v) is 18.5. The zero-order valence-electron chi connectivity index (χ0n) is 18.5. The van der Waals surface area contributed by atoms with Crippen LogP contribution < -0.4 is 23.7 Å². The van der Waals surface area contributed by atoms with Gasteiger partial charge in [0.2, 0.25) is 11.5 Å². The monoisotopic (exact) mass is 449 g/mol. The Hall–Kier alpha value is -3.91. The molecule has 8 heteroatoms. The molecular formula is C25H23NO7. The molecule has 0 saturated heterocycles. The summed E-state index contributed by atoms with van der Waals surface area (Å²) in [6.07, 6.45) is 3.32. The normalized spacial score (nSPS) is 16.1. The number of fused-ring (bicyclic) bond motifs is 3. The van der Waals surface area contributed by atoms with Crippen LogP contribution in [0.4, 0.5) is 0 Å². The number of methoxy groups -OCH3 is 3. The average Bonchev–Trinajstić information content (AvgIpc) is 3.46. The molecule has 5 rings (SSSR count). The minimum Gasteiger partial charge on any atom is -0.493 e. The summed E-state index contributed by atoms with van der Waals surface area (Å²) in [6.45, 7) is 1.59. The number of hydrogen-bond donors (Lipinski definition) is 0. The Kier molecular flexibility index (Phi) is 5.43. The molecule has 2 aliphatic rings. The number of Topliss-reactive ketones (excluding diaryl/α,β-unsaturated/α-hetero) is 1. The molecule has 0 N–H and O–H groups in total. The van der Waals surface area contributed by atoms with Crippen LogP contribution in [0.15, 0.2) is 52.8 Å². The van der Waals surface area contributed by atoms with E-state index in [0.29, 0.717) is 59.7 Å². The Balaban J connectivity index is 1.46. The first-order valence-electron chi connectivity index (χ1n) is 10.4. The number of hydrogen-bond acceptors (Lipinski definition) is 8. The van der Waals surface area contributed by atoms with Crippen molar-refractivity contribution < 1.29 is 32.9 Å². The van der Waals surface area contributed by atoms with E-state index in [4.69, 9.17) is 28.1 Å². The fraction of sp³-hybridized carbons (Fsp3) is 0.240. The van der Waals surface area contributed by atoms with Gasteiger partial charge in [0.25, 0.3) is 0 Å². The molecule has 0 unspecified atom stereocenters. The van der Waals surface area contributed by atoms with Gasteiger partial charge in [-0.05, 0) is 48.0 Å². The van der Waals surface area contributed by atoms with E-state index >= 15 is 0 Å². The van der Waals surface area contributed by atoms with Gasteiger partial charge >= 0.3 is 0 Å². The molecule has 0 amide bonds. The molecule has 2 aliphatic heterocycles. The van der Waals surface area contributed by atoms with Crippen LogP contribution >= 0.6 is 0 Å². The summed E-state index contributed by atoms with van der Waals surface area (Å²) >= 11 is 0. The van der Waals surface area contributed by atoms with Gasteiger partial charge in [-0.3, -0.25) is 9.69 Å². The first-order chi connectivity index (χ1) is 16.1. The lowest BCUT2D eigenvalue weighted by atomic mass is 10.0. The fourth-order valence-corrected chi connectivity index (χ4v) is 4.06. The van der Waals surface area contributed by atoms with Crippen molar-refractivity contribution in [1.82, 2.24) is 4.90 Å². The van der Waals surface area contributed by atoms with Crippen molar-refractivity contribution in [2.24, 2.45) is 0 Å². The number of furan rings is 1. The molecule has 170 valence electrons. The molecule has 0 saturated carbocycles. The van der Waals surface area contributed by atoms with Crippen molar-refractivity contribution in [3.8, 4) is 28.7 Å². The number of ketones is 1. The van der Waals surface area contributed by atoms with Crippen molar-refractivity contribution >= 4 is 11.9 Å². The third kappa shape index (κ3) is 3.78. The number of rotatable bonds is 6. The Bertz CT molecular complexity index is 1200. The van der Waals surface area contributed by atoms with Gasteiger partial charge in [-0.15, -0.1) is 0 Å². The highest BCUT2D eigenvalue weighted by Gasteiger charge is 2.34. The van der Waals surface area contributed by atoms with Crippen molar-refractivity contribution in [1.29, 1.82) is 0 Å². The van der Waals surface area contributed by atoms with Gasteiger partial charge in [-0.1, -0.05) is 0 Å². The van der Waals surface area contributed by atoms with Gasteiger partial charge in [0.1, 0.15) is 24.0 Å². The third-order valence-electron chi connectivity index (χ3n) is 5.63. The number of carbonyl (C=O) groups is 1. The lowest BCUT2D eigenvalue weighted by molar-refractivity contribution is 0.0810. The second kappa shape index (κ2) is 8.55. The van der Waals surface area contributed by atoms with Crippen molar-refractivity contribution in [3.05, 3.63) is 70.9 Å². The molecule has 33 heavy (non-hydrogen) atoms. The second-order valence-corrected chi connectivity index (χ2v) is 7.66. The predicted molar refractivity (Wildman–Crippen MR) is 119 cm³/mol. The molecule has 0 fully saturated rings. The highest BCUT2D eigenvalue weighted by molar-refractivity contribution is 6.15. The maximum atomic E-state index is 13.1. The lowest BCUT2D eigenvalue weighted by Crippen LogP contribution is -2.31. The minimum absolute atomic E-state index is 0.190. The largest absolute Gasteiger partial charge is 0.493 e. The Labute approximate surface area is 190 Å². The summed E-state index contributed by atoms with van der Waals surface area (Å²) in [4.78, 5) is 15.2. The zero-order chi connectivity index (χ0) is 22.9. The van der Waals surface area contributed by atoms with Gasteiger partial charge < -0.3 is 28.1 Å². The van der Waals surface area contributed by atoms with E-state index in [2.05, 4.69) is 4.90 Å². The number of nitrogens with zero attached hydrogens (tertiary/aromatic N) is 1. The van der Waals surface area contributed by atoms with Crippen LogP contribution in [0.25, 0.3) is 6.08 Å². The van der Waals surface area contributed by atoms with Gasteiger partial charge in [0, 0.05) is 6.54 Å². The average molecular weight is 449 g/mol. The minimum atomic E-state index is -0.190. The van der Waals surface area contributed by atoms with Crippen LogP contribution in [0.1, 0.15) is 27.2 Å². The highest BCUT2D eigenvalue weighted by atomic mass is 16.5. The standard InChI is InChI=1S/C25H23NO7/c1-28-21-10-15(11-22(29-2)25(21)30-3)9-20-23(27)17-6-7-19-18(24(17)33-20)13-26(14-32-19)12-16-5-4-8-31-16/h4-11H,12-14H2,1-3H3. The molecule has 0 atom stereocenters. The van der Waals surface area contributed by atoms with E-state index in [1.165, 1.54) is 0 Å². The van der Waals surface area contributed by atoms with Gasteiger partial charge in [-0.2, -0.15) is 0 Å². The first kappa shape index (κ1) is 21.0. The predicted octanol–water partition coefficient (Wildman–Crippen LogP) is 4.27. The van der Waals surface area contributed by atoms with Crippen LogP contribution in [0.5, 0.6) is 28.7 Å². The van der Waals surface area contributed by atoms with Crippen LogP contribution in [0.2, 0.25) is 0 Å². The third-order valence-corrected chi connectivity index (χ3v) is 5.63. The summed E-state index contributed by atoms with van der Waals surface area (Å²) < 4.78 is 33.6. The van der Waals surface area contributed by atoms with Crippen LogP contribution in [-0.4, -0.2) is 38.7 Å². The van der Waals surface area contributed by atoms with E-state index in [9.17, 15) is 4.79 Å². The summed E-state index contributed by atoms with van der Waals surface area (Å²) in [5.74, 6) is 3.57. The van der Waals surface area contributed by atoms with E-state index in [1.54, 1.807) is 51.9 Å². The van der Waals surface area contributed by atoms with E-state index in [0.717, 1.165) is 11.3 Å². The summed E-state index contributed by atoms with van der Waals surface area (Å²) in [5.41, 5.74) is 2.04. The molecule has 3 aromatic rings. The van der Waals surface area contributed by atoms with Crippen LogP contribution in [0.3, 0.4) is 0 Å². The Morgan fingerprint density at radius 2 is 1.85 bits per heavy atom. The molecule has 2 aromatic carbocycles. The van der Waals surface area contributed by atoms with Gasteiger partial charge in [-0.25, -0.2) is 0 Å². The lowest BCUT2D eigenvalue weighted by Gasteiger charge is -2.29. The van der Waals surface area contributed by atoms with E-state index in [1.807, 2.05) is 18.2 Å². The molecule has 0 bridgehead atoms. The summed E-state index contributed by atoms with van der Waals surface area (Å²) in [6, 6.07) is 10.9. The molecule has 0 radical (unpaired) electrons. The molecular weight excluding hydrogens is 426 g/mol. The fourth-order valence-electron chi connectivity index (χ4n) is 4.06. The quantitative estimate of drug-likeness (QED) is 0.516. The second-order valence-electron chi connectivity index (χ2n) is 7.66. The first-order valence-corrected chi connectivity index (χ1v) is 10.4. The number of carbonyl (C=O) groups excluding carboxylic acids is 1. The van der Waals surface area contributed by atoms with Crippen LogP contribution in [-0.2, 0) is 13.1 Å². The van der Waals surface area contributed by atoms with Crippen molar-refractivity contribution in [3.63, 3.8) is 0 Å². The molecule has 0 spiro atoms. The molecule has 8 nitrogen and oxygen atoms in total. The van der Waals surface area contributed by atoms with Gasteiger partial charge in [0.15, 0.2) is 17.3 Å². The SMILES string of the molecule is COc1cc(C=C2Oc3c(ccc4c3CN(Cc3ccco3)CO4)C2=O)cc(OC)c1OC. The molecule has 3 heterocycles. The van der Waals surface area contributed by atoms with E-state index < -0.39 is 0 Å². The number of benzene rings is 2. The van der Waals surface area contributed by atoms with E-state index in [-0.39, 0.29) is 11.5 Å². The Morgan fingerprint density at radius 3 is 2.52 bits per heavy atom. The number of ether oxygens (including phenoxy) is 5. The van der Waals surface area contributed by atoms with Gasteiger partial charge in [0.05, 0.1) is 45.3 Å². The highest BCUT2D eigenvalue weighted by Crippen LogP contribution is 2.43. The number of allylic oxidation sites excluding steroid dienone is 1.